The Bertz CT molecular complexity index is 385. The van der Waals surface area contributed by atoms with Gasteiger partial charge in [-0.15, -0.1) is 0 Å². The predicted octanol–water partition coefficient (Wildman–Crippen LogP) is 1.38. The maximum absolute atomic E-state index is 10.2. The van der Waals surface area contributed by atoms with E-state index in [2.05, 4.69) is 15.9 Å². The number of aliphatic hydroxyl groups excluding tert-OH is 3. The van der Waals surface area contributed by atoms with Crippen LogP contribution in [0.2, 0.25) is 0 Å². The summed E-state index contributed by atoms with van der Waals surface area (Å²) >= 11 is 3.22. The Labute approximate surface area is 120 Å². The molecule has 0 bridgehead atoms. The fraction of sp³-hybridized carbons (Fsp3) is 0.538. The molecule has 1 rings (SSSR count). The number of aliphatic hydroxyl groups is 3. The summed E-state index contributed by atoms with van der Waals surface area (Å²) in [5, 5.41) is 29.9. The third kappa shape index (κ3) is 3.82. The molecule has 2 unspecified atom stereocenters. The van der Waals surface area contributed by atoms with Gasteiger partial charge in [-0.25, -0.2) is 0 Å². The second-order valence-corrected chi connectivity index (χ2v) is 4.85. The number of alkyl halides is 1. The van der Waals surface area contributed by atoms with Crippen molar-refractivity contribution in [3.05, 3.63) is 23.3 Å². The fourth-order valence-electron chi connectivity index (χ4n) is 1.84. The summed E-state index contributed by atoms with van der Waals surface area (Å²) in [5.41, 5.74) is 0.996. The first kappa shape index (κ1) is 16.2. The van der Waals surface area contributed by atoms with Crippen molar-refractivity contribution in [2.45, 2.75) is 25.2 Å². The molecular weight excluding hydrogens is 316 g/mol. The van der Waals surface area contributed by atoms with Gasteiger partial charge in [0.2, 0.25) is 0 Å². The Hall–Kier alpha value is -0.820. The molecule has 0 amide bonds. The molecule has 1 aromatic carbocycles. The molecular formula is C13H19BrO5. The molecule has 5 nitrogen and oxygen atoms in total. The SMILES string of the molecule is COc1cc(CO)cc(OC)c1C(O)C(O)CCBr. The van der Waals surface area contributed by atoms with Gasteiger partial charge in [-0.3, -0.25) is 0 Å². The maximum atomic E-state index is 10.2. The minimum Gasteiger partial charge on any atom is -0.496 e. The zero-order valence-electron chi connectivity index (χ0n) is 11.0. The van der Waals surface area contributed by atoms with Crippen molar-refractivity contribution >= 4 is 15.9 Å². The zero-order valence-corrected chi connectivity index (χ0v) is 12.6. The van der Waals surface area contributed by atoms with Crippen LogP contribution < -0.4 is 9.47 Å². The Balaban J connectivity index is 3.23. The molecule has 0 fully saturated rings. The molecule has 108 valence electrons. The van der Waals surface area contributed by atoms with Crippen LogP contribution in [0.4, 0.5) is 0 Å². The zero-order chi connectivity index (χ0) is 14.4. The highest BCUT2D eigenvalue weighted by Gasteiger charge is 2.26. The fourth-order valence-corrected chi connectivity index (χ4v) is 2.31. The summed E-state index contributed by atoms with van der Waals surface area (Å²) in [6.07, 6.45) is -1.65. The lowest BCUT2D eigenvalue weighted by molar-refractivity contribution is 0.0146. The third-order valence-corrected chi connectivity index (χ3v) is 3.31. The molecule has 0 heterocycles. The van der Waals surface area contributed by atoms with E-state index in [1.165, 1.54) is 14.2 Å². The van der Waals surface area contributed by atoms with Crippen LogP contribution >= 0.6 is 15.9 Å². The lowest BCUT2D eigenvalue weighted by Crippen LogP contribution is -2.20. The van der Waals surface area contributed by atoms with Gasteiger partial charge in [0.25, 0.3) is 0 Å². The summed E-state index contributed by atoms with van der Waals surface area (Å²) < 4.78 is 10.4. The monoisotopic (exact) mass is 334 g/mol. The first-order valence-electron chi connectivity index (χ1n) is 5.86. The van der Waals surface area contributed by atoms with Gasteiger partial charge in [0, 0.05) is 5.33 Å². The van der Waals surface area contributed by atoms with E-state index in [-0.39, 0.29) is 6.61 Å². The van der Waals surface area contributed by atoms with Crippen molar-refractivity contribution in [2.24, 2.45) is 0 Å². The van der Waals surface area contributed by atoms with Crippen LogP contribution in [-0.2, 0) is 6.61 Å². The summed E-state index contributed by atoms with van der Waals surface area (Å²) in [7, 11) is 2.92. The summed E-state index contributed by atoms with van der Waals surface area (Å²) in [6.45, 7) is -0.160. The number of rotatable bonds is 7. The van der Waals surface area contributed by atoms with Crippen LogP contribution in [0.25, 0.3) is 0 Å². The van der Waals surface area contributed by atoms with E-state index in [4.69, 9.17) is 9.47 Å². The molecule has 3 N–H and O–H groups in total. The average molecular weight is 335 g/mol. The Morgan fingerprint density at radius 1 is 1.16 bits per heavy atom. The molecule has 0 saturated carbocycles. The maximum Gasteiger partial charge on any atom is 0.128 e. The first-order chi connectivity index (χ1) is 9.08. The Morgan fingerprint density at radius 3 is 2.05 bits per heavy atom. The van der Waals surface area contributed by atoms with Crippen LogP contribution in [0, 0.1) is 0 Å². The molecule has 0 aromatic heterocycles. The van der Waals surface area contributed by atoms with Crippen molar-refractivity contribution in [3.63, 3.8) is 0 Å². The van der Waals surface area contributed by atoms with E-state index >= 15 is 0 Å². The van der Waals surface area contributed by atoms with Crippen LogP contribution in [0.5, 0.6) is 11.5 Å². The highest BCUT2D eigenvalue weighted by atomic mass is 79.9. The van der Waals surface area contributed by atoms with Crippen LogP contribution in [-0.4, -0.2) is 41.0 Å². The number of halogens is 1. The summed E-state index contributed by atoms with van der Waals surface area (Å²) in [6, 6.07) is 3.23. The van der Waals surface area contributed by atoms with Gasteiger partial charge in [-0.05, 0) is 24.1 Å². The molecule has 2 atom stereocenters. The topological polar surface area (TPSA) is 79.2 Å². The molecule has 1 aromatic rings. The second kappa shape index (κ2) is 7.69. The molecule has 0 aliphatic rings. The van der Waals surface area contributed by atoms with Crippen LogP contribution in [0.15, 0.2) is 12.1 Å². The van der Waals surface area contributed by atoms with Crippen LogP contribution in [0.3, 0.4) is 0 Å². The second-order valence-electron chi connectivity index (χ2n) is 4.06. The molecule has 19 heavy (non-hydrogen) atoms. The highest BCUT2D eigenvalue weighted by molar-refractivity contribution is 9.09. The van der Waals surface area contributed by atoms with E-state index in [9.17, 15) is 15.3 Å². The normalized spacial score (nSPS) is 14.0. The molecule has 0 radical (unpaired) electrons. The van der Waals surface area contributed by atoms with Gasteiger partial charge in [-0.2, -0.15) is 0 Å². The van der Waals surface area contributed by atoms with Gasteiger partial charge in [-0.1, -0.05) is 15.9 Å². The predicted molar refractivity (Wildman–Crippen MR) is 74.8 cm³/mol. The first-order valence-corrected chi connectivity index (χ1v) is 6.98. The smallest absolute Gasteiger partial charge is 0.128 e. The number of hydrogen-bond donors (Lipinski definition) is 3. The van der Waals surface area contributed by atoms with Gasteiger partial charge >= 0.3 is 0 Å². The minimum atomic E-state index is -1.12. The Morgan fingerprint density at radius 2 is 1.68 bits per heavy atom. The van der Waals surface area contributed by atoms with Crippen molar-refractivity contribution in [1.82, 2.24) is 0 Å². The largest absolute Gasteiger partial charge is 0.496 e. The minimum absolute atomic E-state index is 0.160. The quantitative estimate of drug-likeness (QED) is 0.656. The lowest BCUT2D eigenvalue weighted by atomic mass is 9.98. The number of methoxy groups -OCH3 is 2. The summed E-state index contributed by atoms with van der Waals surface area (Å²) in [4.78, 5) is 0. The van der Waals surface area contributed by atoms with E-state index in [0.29, 0.717) is 34.4 Å². The van der Waals surface area contributed by atoms with Crippen molar-refractivity contribution in [2.75, 3.05) is 19.5 Å². The van der Waals surface area contributed by atoms with Crippen molar-refractivity contribution < 1.29 is 24.8 Å². The van der Waals surface area contributed by atoms with Crippen molar-refractivity contribution in [3.8, 4) is 11.5 Å². The number of ether oxygens (including phenoxy) is 2. The molecule has 0 aliphatic heterocycles. The molecule has 6 heteroatoms. The van der Waals surface area contributed by atoms with E-state index < -0.39 is 12.2 Å². The third-order valence-electron chi connectivity index (χ3n) is 2.85. The molecule has 0 spiro atoms. The highest BCUT2D eigenvalue weighted by Crippen LogP contribution is 2.37. The van der Waals surface area contributed by atoms with Gasteiger partial charge in [0.1, 0.15) is 17.6 Å². The van der Waals surface area contributed by atoms with E-state index in [1.807, 2.05) is 0 Å². The van der Waals surface area contributed by atoms with Gasteiger partial charge < -0.3 is 24.8 Å². The lowest BCUT2D eigenvalue weighted by Gasteiger charge is -2.22. The van der Waals surface area contributed by atoms with Crippen LogP contribution in [0.1, 0.15) is 23.7 Å². The Kier molecular flexibility index (Phi) is 6.57. The van der Waals surface area contributed by atoms with Crippen molar-refractivity contribution in [1.29, 1.82) is 0 Å². The van der Waals surface area contributed by atoms with E-state index in [1.54, 1.807) is 12.1 Å². The molecule has 0 aliphatic carbocycles. The van der Waals surface area contributed by atoms with E-state index in [0.717, 1.165) is 0 Å². The van der Waals surface area contributed by atoms with Gasteiger partial charge in [0.15, 0.2) is 0 Å². The standard InChI is InChI=1S/C13H19BrO5/c1-18-10-5-8(7-15)6-11(19-2)12(10)13(17)9(16)3-4-14/h5-6,9,13,15-17H,3-4,7H2,1-2H3. The van der Waals surface area contributed by atoms with Gasteiger partial charge in [0.05, 0.1) is 32.5 Å². The number of hydrogen-bond acceptors (Lipinski definition) is 5. The average Bonchev–Trinajstić information content (AvgIpc) is 2.44. The number of benzene rings is 1. The summed E-state index contributed by atoms with van der Waals surface area (Å²) in [5.74, 6) is 0.758. The molecule has 0 saturated heterocycles.